The van der Waals surface area contributed by atoms with Gasteiger partial charge in [0.1, 0.15) is 0 Å². The summed E-state index contributed by atoms with van der Waals surface area (Å²) in [5.41, 5.74) is 4.91. The number of hydrogen-bond acceptors (Lipinski definition) is 2. The molecule has 0 aliphatic carbocycles. The lowest BCUT2D eigenvalue weighted by Gasteiger charge is -2.35. The average molecular weight is 356 g/mol. The van der Waals surface area contributed by atoms with Crippen molar-refractivity contribution in [2.24, 2.45) is 0 Å². The highest BCUT2D eigenvalue weighted by Crippen LogP contribution is 2.38. The largest absolute Gasteiger partial charge is 0.322 e. The van der Waals surface area contributed by atoms with Crippen molar-refractivity contribution in [1.29, 1.82) is 0 Å². The number of nitrogens with one attached hydrogen (secondary N) is 1. The second-order valence-corrected chi connectivity index (χ2v) is 7.27. The third kappa shape index (κ3) is 2.69. The number of rotatable bonds is 2. The van der Waals surface area contributed by atoms with Gasteiger partial charge in [-0.1, -0.05) is 36.4 Å². The summed E-state index contributed by atoms with van der Waals surface area (Å²) in [6.07, 6.45) is 3.21. The molecule has 0 atom stereocenters. The third-order valence-electron chi connectivity index (χ3n) is 5.57. The molecule has 0 radical (unpaired) electrons. The fourth-order valence-corrected chi connectivity index (χ4v) is 4.35. The third-order valence-corrected chi connectivity index (χ3v) is 5.57. The lowest BCUT2D eigenvalue weighted by Crippen LogP contribution is -2.39. The van der Waals surface area contributed by atoms with E-state index in [1.807, 2.05) is 59.5 Å². The summed E-state index contributed by atoms with van der Waals surface area (Å²) < 4.78 is 0. The molecule has 2 aliphatic rings. The molecule has 4 heteroatoms. The minimum atomic E-state index is -0.0986. The second-order valence-electron chi connectivity index (χ2n) is 7.27. The van der Waals surface area contributed by atoms with Crippen LogP contribution in [0.1, 0.15) is 34.3 Å². The molecule has 0 fully saturated rings. The minimum Gasteiger partial charge on any atom is -0.322 e. The summed E-state index contributed by atoms with van der Waals surface area (Å²) in [7, 11) is 0. The van der Waals surface area contributed by atoms with Crippen molar-refractivity contribution in [3.05, 3.63) is 71.3 Å². The van der Waals surface area contributed by atoms with E-state index in [0.29, 0.717) is 12.0 Å². The van der Waals surface area contributed by atoms with Gasteiger partial charge in [-0.3, -0.25) is 9.59 Å². The van der Waals surface area contributed by atoms with E-state index < -0.39 is 0 Å². The number of anilines is 2. The molecule has 2 heterocycles. The summed E-state index contributed by atoms with van der Waals surface area (Å²) in [4.78, 5) is 27.1. The fraction of sp³-hybridized carbons (Fsp3) is 0.217. The van der Waals surface area contributed by atoms with Gasteiger partial charge in [0.2, 0.25) is 5.91 Å². The van der Waals surface area contributed by atoms with Gasteiger partial charge in [0.25, 0.3) is 5.91 Å². The monoisotopic (exact) mass is 356 g/mol. The van der Waals surface area contributed by atoms with Crippen molar-refractivity contribution in [3.8, 4) is 0 Å². The molecule has 5 rings (SSSR count). The average Bonchev–Trinajstić information content (AvgIpc) is 2.70. The van der Waals surface area contributed by atoms with Crippen LogP contribution in [0.15, 0.2) is 54.6 Å². The van der Waals surface area contributed by atoms with Crippen molar-refractivity contribution in [3.63, 3.8) is 0 Å². The van der Waals surface area contributed by atoms with Gasteiger partial charge < -0.3 is 10.2 Å². The number of carbonyl (C=O) groups excluding carboxylic acids is 2. The Morgan fingerprint density at radius 2 is 1.70 bits per heavy atom. The number of nitrogens with zero attached hydrogens (tertiary/aromatic N) is 1. The summed E-state index contributed by atoms with van der Waals surface area (Å²) in [5, 5.41) is 5.09. The van der Waals surface area contributed by atoms with Crippen LogP contribution in [-0.4, -0.2) is 18.4 Å². The molecule has 4 nitrogen and oxygen atoms in total. The van der Waals surface area contributed by atoms with E-state index in [1.54, 1.807) is 0 Å². The number of aryl methyl sites for hydroxylation is 2. The summed E-state index contributed by atoms with van der Waals surface area (Å²) in [5.74, 6) is 0.120. The maximum Gasteiger partial charge on any atom is 0.256 e. The van der Waals surface area contributed by atoms with Crippen LogP contribution >= 0.6 is 0 Å². The van der Waals surface area contributed by atoms with Crippen molar-refractivity contribution in [2.75, 3.05) is 16.8 Å². The first-order chi connectivity index (χ1) is 13.2. The van der Waals surface area contributed by atoms with Gasteiger partial charge in [-0.25, -0.2) is 0 Å². The van der Waals surface area contributed by atoms with E-state index in [2.05, 4.69) is 5.32 Å². The van der Waals surface area contributed by atoms with Crippen LogP contribution in [-0.2, 0) is 17.6 Å². The molecule has 2 aliphatic heterocycles. The second kappa shape index (κ2) is 6.23. The van der Waals surface area contributed by atoms with Crippen LogP contribution in [0.2, 0.25) is 0 Å². The number of carbonyl (C=O) groups is 2. The summed E-state index contributed by atoms with van der Waals surface area (Å²) in [6, 6.07) is 17.8. The van der Waals surface area contributed by atoms with E-state index in [4.69, 9.17) is 0 Å². The first-order valence-corrected chi connectivity index (χ1v) is 9.46. The van der Waals surface area contributed by atoms with Crippen LogP contribution in [0.4, 0.5) is 11.4 Å². The highest BCUT2D eigenvalue weighted by molar-refractivity contribution is 6.13. The van der Waals surface area contributed by atoms with Crippen molar-refractivity contribution in [2.45, 2.75) is 25.7 Å². The molecule has 0 unspecified atom stereocenters. The maximum atomic E-state index is 13.0. The molecule has 2 amide bonds. The highest BCUT2D eigenvalue weighted by Gasteiger charge is 2.29. The molecule has 0 saturated carbocycles. The normalized spacial score (nSPS) is 15.6. The van der Waals surface area contributed by atoms with Gasteiger partial charge in [-0.05, 0) is 59.4 Å². The lowest BCUT2D eigenvalue weighted by molar-refractivity contribution is -0.119. The fourth-order valence-electron chi connectivity index (χ4n) is 4.35. The highest BCUT2D eigenvalue weighted by atomic mass is 16.2. The van der Waals surface area contributed by atoms with Gasteiger partial charge in [0.15, 0.2) is 0 Å². The predicted octanol–water partition coefficient (Wildman–Crippen LogP) is 4.32. The molecule has 27 heavy (non-hydrogen) atoms. The van der Waals surface area contributed by atoms with Gasteiger partial charge in [0, 0.05) is 24.2 Å². The van der Waals surface area contributed by atoms with Crippen LogP contribution in [0.3, 0.4) is 0 Å². The van der Waals surface area contributed by atoms with Crippen LogP contribution in [0.25, 0.3) is 10.8 Å². The van der Waals surface area contributed by atoms with Crippen LogP contribution in [0.5, 0.6) is 0 Å². The van der Waals surface area contributed by atoms with Gasteiger partial charge in [-0.15, -0.1) is 0 Å². The Labute approximate surface area is 157 Å². The quantitative estimate of drug-likeness (QED) is 0.743. The first kappa shape index (κ1) is 16.1. The van der Waals surface area contributed by atoms with Crippen LogP contribution in [0, 0.1) is 0 Å². The Morgan fingerprint density at radius 1 is 0.926 bits per heavy atom. The zero-order valence-corrected chi connectivity index (χ0v) is 15.0. The van der Waals surface area contributed by atoms with Crippen LogP contribution < -0.4 is 10.2 Å². The smallest absolute Gasteiger partial charge is 0.256 e. The molecular formula is C23H20N2O2. The Balaban J connectivity index is 1.51. The van der Waals surface area contributed by atoms with Gasteiger partial charge >= 0.3 is 0 Å². The van der Waals surface area contributed by atoms with Crippen molar-refractivity contribution >= 4 is 34.0 Å². The molecule has 0 spiro atoms. The van der Waals surface area contributed by atoms with E-state index in [-0.39, 0.29) is 11.8 Å². The Kier molecular flexibility index (Phi) is 3.71. The predicted molar refractivity (Wildman–Crippen MR) is 107 cm³/mol. The standard InChI is InChI=1S/C23H20N2O2/c26-21-11-10-17-14-18(13-16-7-4-12-25(21)22(16)17)24-23(27)20-9-3-6-15-5-1-2-8-19(15)20/h1-3,5-6,8-9,13-14H,4,7,10-12H2,(H,24,27). The van der Waals surface area contributed by atoms with Gasteiger partial charge in [-0.2, -0.15) is 0 Å². The number of amides is 2. The number of hydrogen-bond donors (Lipinski definition) is 1. The molecule has 0 saturated heterocycles. The van der Waals surface area contributed by atoms with E-state index in [0.717, 1.165) is 48.0 Å². The SMILES string of the molecule is O=C(Nc1cc2c3c(c1)CCC(=O)N3CCC2)c1cccc2ccccc12. The van der Waals surface area contributed by atoms with Crippen molar-refractivity contribution < 1.29 is 9.59 Å². The Hall–Kier alpha value is -3.14. The summed E-state index contributed by atoms with van der Waals surface area (Å²) in [6.45, 7) is 0.806. The molecule has 3 aromatic rings. The lowest BCUT2D eigenvalue weighted by atomic mass is 9.91. The van der Waals surface area contributed by atoms with Gasteiger partial charge in [0.05, 0.1) is 5.69 Å². The zero-order valence-electron chi connectivity index (χ0n) is 15.0. The first-order valence-electron chi connectivity index (χ1n) is 9.46. The van der Waals surface area contributed by atoms with E-state index in [1.165, 1.54) is 11.1 Å². The number of fused-ring (bicyclic) bond motifs is 1. The molecular weight excluding hydrogens is 336 g/mol. The Morgan fingerprint density at radius 3 is 2.59 bits per heavy atom. The summed E-state index contributed by atoms with van der Waals surface area (Å²) >= 11 is 0. The molecule has 134 valence electrons. The topological polar surface area (TPSA) is 49.4 Å². The zero-order chi connectivity index (χ0) is 18.4. The molecule has 1 N–H and O–H groups in total. The molecule has 0 bridgehead atoms. The van der Waals surface area contributed by atoms with E-state index in [9.17, 15) is 9.59 Å². The number of benzene rings is 3. The molecule has 3 aromatic carbocycles. The maximum absolute atomic E-state index is 13.0. The minimum absolute atomic E-state index is 0.0986. The van der Waals surface area contributed by atoms with Crippen molar-refractivity contribution in [1.82, 2.24) is 0 Å². The van der Waals surface area contributed by atoms with E-state index >= 15 is 0 Å². The Bertz CT molecular complexity index is 1060. The molecule has 0 aromatic heterocycles.